The van der Waals surface area contributed by atoms with E-state index in [4.69, 9.17) is 0 Å². The van der Waals surface area contributed by atoms with E-state index in [2.05, 4.69) is 53.9 Å². The lowest BCUT2D eigenvalue weighted by Gasteiger charge is -2.08. The van der Waals surface area contributed by atoms with Gasteiger partial charge in [0.15, 0.2) is 0 Å². The molecule has 2 aromatic carbocycles. The maximum absolute atomic E-state index is 3.29. The number of benzene rings is 2. The van der Waals surface area contributed by atoms with Crippen LogP contribution in [0.4, 0.5) is 5.69 Å². The van der Waals surface area contributed by atoms with Crippen LogP contribution in [-0.4, -0.2) is 0 Å². The number of hydrogen-bond donors (Lipinski definition) is 1. The SMILES string of the molecule is C1=Cc2ccccc2-c2ccccc2N1.Cl. The van der Waals surface area contributed by atoms with Crippen molar-refractivity contribution in [2.45, 2.75) is 0 Å². The minimum Gasteiger partial charge on any atom is -0.361 e. The van der Waals surface area contributed by atoms with Crippen LogP contribution in [0.1, 0.15) is 5.56 Å². The molecular weight excluding hydrogens is 218 g/mol. The Morgan fingerprint density at radius 2 is 1.44 bits per heavy atom. The van der Waals surface area contributed by atoms with Crippen molar-refractivity contribution in [3.05, 3.63) is 60.3 Å². The summed E-state index contributed by atoms with van der Waals surface area (Å²) in [6.07, 6.45) is 4.10. The Hall–Kier alpha value is -1.73. The Labute approximate surface area is 101 Å². The lowest BCUT2D eigenvalue weighted by atomic mass is 9.99. The molecule has 0 aromatic heterocycles. The summed E-state index contributed by atoms with van der Waals surface area (Å²) in [5.74, 6) is 0. The predicted octanol–water partition coefficient (Wildman–Crippen LogP) is 4.17. The average molecular weight is 230 g/mol. The van der Waals surface area contributed by atoms with Crippen LogP contribution in [0.25, 0.3) is 17.2 Å². The fraction of sp³-hybridized carbons (Fsp3) is 0. The number of hydrogen-bond acceptors (Lipinski definition) is 1. The number of rotatable bonds is 0. The van der Waals surface area contributed by atoms with Crippen LogP contribution in [0.15, 0.2) is 54.7 Å². The molecule has 1 aliphatic heterocycles. The van der Waals surface area contributed by atoms with E-state index in [-0.39, 0.29) is 12.4 Å². The highest BCUT2D eigenvalue weighted by atomic mass is 35.5. The van der Waals surface area contributed by atoms with E-state index in [0.29, 0.717) is 0 Å². The van der Waals surface area contributed by atoms with E-state index in [0.717, 1.165) is 0 Å². The van der Waals surface area contributed by atoms with Gasteiger partial charge in [0, 0.05) is 17.5 Å². The van der Waals surface area contributed by atoms with Gasteiger partial charge >= 0.3 is 0 Å². The van der Waals surface area contributed by atoms with Gasteiger partial charge in [-0.25, -0.2) is 0 Å². The molecule has 0 radical (unpaired) electrons. The summed E-state index contributed by atoms with van der Waals surface area (Å²) in [5, 5.41) is 3.29. The van der Waals surface area contributed by atoms with Crippen molar-refractivity contribution in [1.82, 2.24) is 0 Å². The monoisotopic (exact) mass is 229 g/mol. The molecule has 0 amide bonds. The van der Waals surface area contributed by atoms with Gasteiger partial charge in [0.2, 0.25) is 0 Å². The highest BCUT2D eigenvalue weighted by molar-refractivity contribution is 5.86. The summed E-state index contributed by atoms with van der Waals surface area (Å²) < 4.78 is 0. The molecule has 0 saturated heterocycles. The van der Waals surface area contributed by atoms with Crippen molar-refractivity contribution < 1.29 is 0 Å². The van der Waals surface area contributed by atoms with Crippen LogP contribution in [0.3, 0.4) is 0 Å². The molecule has 0 unspecified atom stereocenters. The first-order valence-corrected chi connectivity index (χ1v) is 5.07. The van der Waals surface area contributed by atoms with Gasteiger partial charge in [-0.1, -0.05) is 42.5 Å². The van der Waals surface area contributed by atoms with Crippen LogP contribution in [0, 0.1) is 0 Å². The molecule has 0 saturated carbocycles. The van der Waals surface area contributed by atoms with Gasteiger partial charge in [-0.3, -0.25) is 0 Å². The third kappa shape index (κ3) is 1.70. The van der Waals surface area contributed by atoms with Crippen molar-refractivity contribution >= 4 is 24.2 Å². The molecule has 0 spiro atoms. The van der Waals surface area contributed by atoms with E-state index in [9.17, 15) is 0 Å². The van der Waals surface area contributed by atoms with Crippen molar-refractivity contribution in [2.75, 3.05) is 5.32 Å². The van der Waals surface area contributed by atoms with Crippen LogP contribution in [0.2, 0.25) is 0 Å². The quantitative estimate of drug-likeness (QED) is 0.715. The van der Waals surface area contributed by atoms with Crippen LogP contribution in [0.5, 0.6) is 0 Å². The van der Waals surface area contributed by atoms with E-state index in [1.165, 1.54) is 22.4 Å². The Kier molecular flexibility index (Phi) is 2.97. The molecule has 1 N–H and O–H groups in total. The molecule has 0 atom stereocenters. The average Bonchev–Trinajstić information content (AvgIpc) is 2.48. The summed E-state index contributed by atoms with van der Waals surface area (Å²) in [6.45, 7) is 0. The Bertz CT molecular complexity index is 532. The first kappa shape index (κ1) is 10.8. The van der Waals surface area contributed by atoms with Gasteiger partial charge in [0.05, 0.1) is 0 Å². The molecule has 1 aliphatic rings. The van der Waals surface area contributed by atoms with Gasteiger partial charge in [0.1, 0.15) is 0 Å². The zero-order chi connectivity index (χ0) is 10.1. The second kappa shape index (κ2) is 4.42. The zero-order valence-electron chi connectivity index (χ0n) is 8.68. The number of nitrogens with one attached hydrogen (secondary N) is 1. The molecule has 3 rings (SSSR count). The normalized spacial score (nSPS) is 11.5. The zero-order valence-corrected chi connectivity index (χ0v) is 9.50. The van der Waals surface area contributed by atoms with Gasteiger partial charge < -0.3 is 5.32 Å². The number of para-hydroxylation sites is 1. The second-order valence-corrected chi connectivity index (χ2v) is 3.61. The fourth-order valence-electron chi connectivity index (χ4n) is 1.95. The summed E-state index contributed by atoms with van der Waals surface area (Å²) in [5.41, 5.74) is 4.97. The third-order valence-electron chi connectivity index (χ3n) is 2.68. The molecule has 2 aromatic rings. The summed E-state index contributed by atoms with van der Waals surface area (Å²) in [7, 11) is 0. The number of fused-ring (bicyclic) bond motifs is 3. The second-order valence-electron chi connectivity index (χ2n) is 3.61. The molecule has 0 fully saturated rings. The van der Waals surface area contributed by atoms with Gasteiger partial charge in [0.25, 0.3) is 0 Å². The maximum Gasteiger partial charge on any atom is 0.0459 e. The van der Waals surface area contributed by atoms with E-state index in [1.54, 1.807) is 0 Å². The number of halogens is 1. The lowest BCUT2D eigenvalue weighted by molar-refractivity contribution is 1.58. The smallest absolute Gasteiger partial charge is 0.0459 e. The Balaban J connectivity index is 0.000000963. The fourth-order valence-corrected chi connectivity index (χ4v) is 1.95. The minimum atomic E-state index is 0. The van der Waals surface area contributed by atoms with E-state index < -0.39 is 0 Å². The third-order valence-corrected chi connectivity index (χ3v) is 2.68. The van der Waals surface area contributed by atoms with Crippen LogP contribution >= 0.6 is 12.4 Å². The number of anilines is 1. The molecular formula is C14H12ClN. The largest absolute Gasteiger partial charge is 0.361 e. The molecule has 2 heteroatoms. The summed E-state index contributed by atoms with van der Waals surface area (Å²) in [4.78, 5) is 0. The van der Waals surface area contributed by atoms with Gasteiger partial charge in [-0.15, -0.1) is 12.4 Å². The highest BCUT2D eigenvalue weighted by Gasteiger charge is 2.08. The lowest BCUT2D eigenvalue weighted by Crippen LogP contribution is -1.87. The van der Waals surface area contributed by atoms with E-state index >= 15 is 0 Å². The van der Waals surface area contributed by atoms with Crippen molar-refractivity contribution in [1.29, 1.82) is 0 Å². The Morgan fingerprint density at radius 3 is 2.31 bits per heavy atom. The topological polar surface area (TPSA) is 12.0 Å². The van der Waals surface area contributed by atoms with Crippen molar-refractivity contribution in [3.63, 3.8) is 0 Å². The van der Waals surface area contributed by atoms with Crippen LogP contribution in [-0.2, 0) is 0 Å². The summed E-state index contributed by atoms with van der Waals surface area (Å²) >= 11 is 0. The molecule has 0 aliphatic carbocycles. The van der Waals surface area contributed by atoms with Crippen molar-refractivity contribution in [2.24, 2.45) is 0 Å². The van der Waals surface area contributed by atoms with Gasteiger partial charge in [-0.2, -0.15) is 0 Å². The first-order valence-electron chi connectivity index (χ1n) is 5.07. The molecule has 1 nitrogen and oxygen atoms in total. The van der Waals surface area contributed by atoms with Crippen molar-refractivity contribution in [3.8, 4) is 11.1 Å². The Morgan fingerprint density at radius 1 is 0.750 bits per heavy atom. The molecule has 16 heavy (non-hydrogen) atoms. The first-order chi connectivity index (χ1) is 7.45. The maximum atomic E-state index is 3.29. The minimum absolute atomic E-state index is 0. The standard InChI is InChI=1S/C14H11N.ClH/c1-2-6-12-11(5-1)9-10-15-14-8-4-3-7-13(12)14;/h1-10,15H;1H. The molecule has 1 heterocycles. The molecule has 80 valence electrons. The predicted molar refractivity (Wildman–Crippen MR) is 71.8 cm³/mol. The highest BCUT2D eigenvalue weighted by Crippen LogP contribution is 2.33. The summed E-state index contributed by atoms with van der Waals surface area (Å²) in [6, 6.07) is 16.8. The van der Waals surface area contributed by atoms with E-state index in [1.807, 2.05) is 12.3 Å². The van der Waals surface area contributed by atoms with Gasteiger partial charge in [-0.05, 0) is 23.3 Å². The van der Waals surface area contributed by atoms with Crippen LogP contribution < -0.4 is 5.32 Å². The molecule has 0 bridgehead atoms.